The molecule has 1 aliphatic rings. The predicted molar refractivity (Wildman–Crippen MR) is 141 cm³/mol. The Morgan fingerprint density at radius 3 is 2.61 bits per heavy atom. The molecule has 0 spiro atoms. The van der Waals surface area contributed by atoms with Crippen molar-refractivity contribution < 1.29 is 23.4 Å². The van der Waals surface area contributed by atoms with Gasteiger partial charge in [-0.15, -0.1) is 5.10 Å². The van der Waals surface area contributed by atoms with E-state index in [1.54, 1.807) is 27.7 Å². The zero-order chi connectivity index (χ0) is 26.9. The Morgan fingerprint density at radius 2 is 1.92 bits per heavy atom. The predicted octanol–water partition coefficient (Wildman–Crippen LogP) is 6.06. The second-order valence-electron chi connectivity index (χ2n) is 10.4. The number of nitrogens with zero attached hydrogens (tertiary/aromatic N) is 4. The number of amides is 1. The molecule has 2 aromatic heterocycles. The van der Waals surface area contributed by atoms with Crippen LogP contribution < -0.4 is 9.47 Å². The monoisotopic (exact) mass is 518 g/mol. The molecule has 9 heteroatoms. The molecule has 38 heavy (non-hydrogen) atoms. The second kappa shape index (κ2) is 10.3. The Kier molecular flexibility index (Phi) is 6.93. The third-order valence-electron chi connectivity index (χ3n) is 6.32. The van der Waals surface area contributed by atoms with Gasteiger partial charge in [-0.1, -0.05) is 12.1 Å². The van der Waals surface area contributed by atoms with Crippen LogP contribution in [-0.4, -0.2) is 50.4 Å². The quantitative estimate of drug-likeness (QED) is 0.296. The van der Waals surface area contributed by atoms with Crippen LogP contribution in [0.5, 0.6) is 11.6 Å². The van der Waals surface area contributed by atoms with Crippen LogP contribution in [0.1, 0.15) is 45.8 Å². The minimum atomic E-state index is -0.521. The van der Waals surface area contributed by atoms with Crippen LogP contribution in [0, 0.1) is 5.82 Å². The highest BCUT2D eigenvalue weighted by Crippen LogP contribution is 2.27. The summed E-state index contributed by atoms with van der Waals surface area (Å²) in [5.41, 5.74) is 2.59. The Bertz CT molecular complexity index is 1430. The van der Waals surface area contributed by atoms with Crippen molar-refractivity contribution >= 4 is 11.7 Å². The van der Waals surface area contributed by atoms with E-state index in [1.807, 2.05) is 64.1 Å². The molecule has 0 saturated carbocycles. The number of imidazole rings is 1. The highest BCUT2D eigenvalue weighted by atomic mass is 19.1. The summed E-state index contributed by atoms with van der Waals surface area (Å²) >= 11 is 0. The lowest BCUT2D eigenvalue weighted by Gasteiger charge is -2.41. The second-order valence-corrected chi connectivity index (χ2v) is 10.4. The molecule has 4 aromatic rings. The van der Waals surface area contributed by atoms with Crippen LogP contribution in [0.3, 0.4) is 0 Å². The highest BCUT2D eigenvalue weighted by molar-refractivity contribution is 5.69. The molecule has 2 aromatic carbocycles. The lowest BCUT2D eigenvalue weighted by Crippen LogP contribution is -2.55. The van der Waals surface area contributed by atoms with Gasteiger partial charge in [0.2, 0.25) is 5.88 Å². The summed E-state index contributed by atoms with van der Waals surface area (Å²) in [5.74, 6) is 0.807. The Morgan fingerprint density at radius 1 is 1.13 bits per heavy atom. The van der Waals surface area contributed by atoms with E-state index in [4.69, 9.17) is 14.2 Å². The number of hydrogen-bond acceptors (Lipinski definition) is 6. The van der Waals surface area contributed by atoms with E-state index in [0.29, 0.717) is 30.4 Å². The van der Waals surface area contributed by atoms with Crippen molar-refractivity contribution in [3.05, 3.63) is 78.2 Å². The zero-order valence-corrected chi connectivity index (χ0v) is 21.9. The smallest absolute Gasteiger partial charge is 0.410 e. The molecule has 0 aliphatic carbocycles. The van der Waals surface area contributed by atoms with E-state index in [0.717, 1.165) is 23.2 Å². The van der Waals surface area contributed by atoms with Gasteiger partial charge in [0.25, 0.3) is 0 Å². The maximum absolute atomic E-state index is 13.6. The van der Waals surface area contributed by atoms with E-state index in [2.05, 4.69) is 10.1 Å². The number of aromatic nitrogens is 3. The molecule has 1 fully saturated rings. The lowest BCUT2D eigenvalue weighted by molar-refractivity contribution is -0.0141. The van der Waals surface area contributed by atoms with Crippen molar-refractivity contribution in [1.29, 1.82) is 0 Å². The number of carbonyl (C=O) groups excluding carboxylic acids is 1. The first-order chi connectivity index (χ1) is 18.2. The van der Waals surface area contributed by atoms with Gasteiger partial charge in [0.1, 0.15) is 29.9 Å². The number of rotatable bonds is 7. The number of benzene rings is 2. The Labute approximate surface area is 221 Å². The molecule has 0 N–H and O–H groups in total. The van der Waals surface area contributed by atoms with Gasteiger partial charge in [-0.25, -0.2) is 18.7 Å². The topological polar surface area (TPSA) is 78.2 Å². The van der Waals surface area contributed by atoms with Crippen LogP contribution in [0.25, 0.3) is 16.9 Å². The summed E-state index contributed by atoms with van der Waals surface area (Å²) in [4.78, 5) is 18.5. The minimum absolute atomic E-state index is 0.000640. The molecular weight excluding hydrogens is 487 g/mol. The van der Waals surface area contributed by atoms with Crippen molar-refractivity contribution in [2.75, 3.05) is 13.2 Å². The molecule has 8 nitrogen and oxygen atoms in total. The van der Waals surface area contributed by atoms with Crippen molar-refractivity contribution in [1.82, 2.24) is 19.5 Å². The molecule has 1 aliphatic heterocycles. The summed E-state index contributed by atoms with van der Waals surface area (Å²) in [6, 6.07) is 17.6. The Hall–Kier alpha value is -4.14. The maximum atomic E-state index is 13.6. The zero-order valence-electron chi connectivity index (χ0n) is 21.9. The summed E-state index contributed by atoms with van der Waals surface area (Å²) in [7, 11) is 0. The average Bonchev–Trinajstić information content (AvgIpc) is 3.26. The highest BCUT2D eigenvalue weighted by Gasteiger charge is 2.35. The van der Waals surface area contributed by atoms with Gasteiger partial charge in [-0.2, -0.15) is 0 Å². The maximum Gasteiger partial charge on any atom is 0.410 e. The van der Waals surface area contributed by atoms with Crippen molar-refractivity contribution in [2.45, 2.75) is 51.9 Å². The normalized spacial score (nSPS) is 16.1. The van der Waals surface area contributed by atoms with Gasteiger partial charge in [0.15, 0.2) is 5.65 Å². The molecule has 5 rings (SSSR count). The van der Waals surface area contributed by atoms with Gasteiger partial charge >= 0.3 is 6.09 Å². The number of hydrogen-bond donors (Lipinski definition) is 0. The fourth-order valence-corrected chi connectivity index (χ4v) is 4.21. The largest absolute Gasteiger partial charge is 0.491 e. The molecule has 198 valence electrons. The number of ether oxygens (including phenoxy) is 3. The fourth-order valence-electron chi connectivity index (χ4n) is 4.21. The number of likely N-dealkylation sites (tertiary alicyclic amines) is 1. The van der Waals surface area contributed by atoms with Gasteiger partial charge < -0.3 is 19.1 Å². The number of halogens is 1. The number of fused-ring (bicyclic) bond motifs is 1. The van der Waals surface area contributed by atoms with Crippen LogP contribution in [-0.2, 0) is 4.74 Å². The third kappa shape index (κ3) is 5.72. The van der Waals surface area contributed by atoms with E-state index in [1.165, 1.54) is 12.1 Å². The molecule has 1 amide bonds. The summed E-state index contributed by atoms with van der Waals surface area (Å²) in [6.07, 6.45) is 1.96. The fraction of sp³-hybridized carbons (Fsp3) is 0.345. The van der Waals surface area contributed by atoms with Crippen LogP contribution in [0.2, 0.25) is 0 Å². The van der Waals surface area contributed by atoms with Crippen molar-refractivity contribution in [3.8, 4) is 22.9 Å². The number of carbonyl (C=O) groups is 1. The molecule has 0 radical (unpaired) electrons. The molecule has 2 atom stereocenters. The summed E-state index contributed by atoms with van der Waals surface area (Å²) in [6.45, 7) is 8.51. The van der Waals surface area contributed by atoms with Crippen LogP contribution in [0.15, 0.2) is 66.9 Å². The first-order valence-electron chi connectivity index (χ1n) is 12.7. The van der Waals surface area contributed by atoms with Crippen molar-refractivity contribution in [3.63, 3.8) is 0 Å². The van der Waals surface area contributed by atoms with Gasteiger partial charge in [0, 0.05) is 18.2 Å². The standard InChI is InChI=1S/C29H31FN4O4/c1-19(21-6-5-7-22(30)16-21)37-27-13-12-26-31-17-25(34(26)32-27)20-8-10-24(11-9-20)36-18-23-14-15-33(23)28(35)38-29(2,3)4/h5-13,16-17,19,23H,14-15,18H2,1-4H3/t19-,23+/m1/s1. The third-order valence-corrected chi connectivity index (χ3v) is 6.32. The summed E-state index contributed by atoms with van der Waals surface area (Å²) < 4.78 is 32.7. The van der Waals surface area contributed by atoms with Crippen molar-refractivity contribution in [2.24, 2.45) is 0 Å². The molecule has 3 heterocycles. The molecule has 1 saturated heterocycles. The van der Waals surface area contributed by atoms with E-state index >= 15 is 0 Å². The van der Waals surface area contributed by atoms with Crippen LogP contribution in [0.4, 0.5) is 9.18 Å². The first kappa shape index (κ1) is 25.5. The van der Waals surface area contributed by atoms with Gasteiger partial charge in [0.05, 0.1) is 17.9 Å². The molecule has 0 unspecified atom stereocenters. The van der Waals surface area contributed by atoms with E-state index in [-0.39, 0.29) is 24.1 Å². The van der Waals surface area contributed by atoms with Gasteiger partial charge in [-0.05, 0) is 82.1 Å². The van der Waals surface area contributed by atoms with Gasteiger partial charge in [-0.3, -0.25) is 0 Å². The molecular formula is C29H31FN4O4. The Balaban J connectivity index is 1.24. The van der Waals surface area contributed by atoms with E-state index in [9.17, 15) is 9.18 Å². The molecule has 0 bridgehead atoms. The first-order valence-corrected chi connectivity index (χ1v) is 12.7. The van der Waals surface area contributed by atoms with Crippen LogP contribution >= 0.6 is 0 Å². The SMILES string of the molecule is C[C@@H](Oc1ccc2ncc(-c3ccc(OC[C@@H]4CCN4C(=O)OC(C)(C)C)cc3)n2n1)c1cccc(F)c1. The van der Waals surface area contributed by atoms with E-state index < -0.39 is 5.60 Å². The summed E-state index contributed by atoms with van der Waals surface area (Å²) in [5, 5.41) is 4.61. The average molecular weight is 519 g/mol. The lowest BCUT2D eigenvalue weighted by atomic mass is 10.1. The minimum Gasteiger partial charge on any atom is -0.491 e.